The van der Waals surface area contributed by atoms with Gasteiger partial charge in [0.15, 0.2) is 0 Å². The Bertz CT molecular complexity index is 490. The van der Waals surface area contributed by atoms with Gasteiger partial charge in [-0.05, 0) is 24.6 Å². The quantitative estimate of drug-likeness (QED) is 0.790. The molecule has 0 amide bonds. The van der Waals surface area contributed by atoms with E-state index in [1.807, 2.05) is 7.05 Å². The summed E-state index contributed by atoms with van der Waals surface area (Å²) in [4.78, 5) is 4.54. The zero-order valence-corrected chi connectivity index (χ0v) is 9.73. The van der Waals surface area contributed by atoms with Crippen LogP contribution in [0, 0.1) is 6.92 Å². The number of benzene rings is 1. The van der Waals surface area contributed by atoms with Gasteiger partial charge >= 0.3 is 0 Å². The lowest BCUT2D eigenvalue weighted by molar-refractivity contribution is 0.121. The zero-order valence-electron chi connectivity index (χ0n) is 9.73. The summed E-state index contributed by atoms with van der Waals surface area (Å²) in [5.41, 5.74) is 8.75. The molecule has 0 aliphatic carbocycles. The monoisotopic (exact) mass is 219 g/mol. The van der Waals surface area contributed by atoms with Crippen LogP contribution in [-0.4, -0.2) is 22.7 Å². The molecule has 0 saturated carbocycles. The summed E-state index contributed by atoms with van der Waals surface area (Å²) in [5.74, 6) is 0.939. The van der Waals surface area contributed by atoms with Crippen LogP contribution in [0.2, 0.25) is 0 Å². The molecule has 0 radical (unpaired) electrons. The van der Waals surface area contributed by atoms with Crippen molar-refractivity contribution in [3.05, 3.63) is 29.6 Å². The van der Waals surface area contributed by atoms with Gasteiger partial charge in [-0.15, -0.1) is 0 Å². The standard InChI is InChI=1S/C12H17N3O/c1-9-3-4-11-10(7-9)14-12(15(11)2)8-16-6-5-13/h3-4,7H,5-6,8,13H2,1-2H3. The highest BCUT2D eigenvalue weighted by Gasteiger charge is 2.07. The van der Waals surface area contributed by atoms with Gasteiger partial charge in [0.1, 0.15) is 12.4 Å². The molecule has 0 saturated heterocycles. The molecule has 86 valence electrons. The molecule has 0 fully saturated rings. The molecular formula is C12H17N3O. The first-order valence-electron chi connectivity index (χ1n) is 5.42. The smallest absolute Gasteiger partial charge is 0.135 e. The third kappa shape index (κ3) is 2.08. The van der Waals surface area contributed by atoms with Crippen LogP contribution in [0.3, 0.4) is 0 Å². The molecule has 1 heterocycles. The fourth-order valence-corrected chi connectivity index (χ4v) is 1.74. The van der Waals surface area contributed by atoms with Gasteiger partial charge < -0.3 is 15.0 Å². The molecule has 0 atom stereocenters. The largest absolute Gasteiger partial charge is 0.372 e. The predicted molar refractivity (Wildman–Crippen MR) is 64.2 cm³/mol. The van der Waals surface area contributed by atoms with Crippen molar-refractivity contribution in [3.8, 4) is 0 Å². The van der Waals surface area contributed by atoms with Crippen LogP contribution in [-0.2, 0) is 18.4 Å². The minimum atomic E-state index is 0.515. The Labute approximate surface area is 95.0 Å². The van der Waals surface area contributed by atoms with Crippen molar-refractivity contribution in [2.24, 2.45) is 12.8 Å². The SMILES string of the molecule is Cc1ccc2c(c1)nc(COCCN)n2C. The van der Waals surface area contributed by atoms with E-state index in [1.54, 1.807) is 0 Å². The average Bonchev–Trinajstić information content (AvgIpc) is 2.56. The normalized spacial score (nSPS) is 11.2. The maximum Gasteiger partial charge on any atom is 0.135 e. The second-order valence-electron chi connectivity index (χ2n) is 3.92. The van der Waals surface area contributed by atoms with Crippen LogP contribution in [0.25, 0.3) is 11.0 Å². The third-order valence-corrected chi connectivity index (χ3v) is 2.62. The lowest BCUT2D eigenvalue weighted by Crippen LogP contribution is -2.10. The van der Waals surface area contributed by atoms with Gasteiger partial charge in [-0.2, -0.15) is 0 Å². The van der Waals surface area contributed by atoms with E-state index in [9.17, 15) is 0 Å². The number of fused-ring (bicyclic) bond motifs is 1. The average molecular weight is 219 g/mol. The zero-order chi connectivity index (χ0) is 11.5. The van der Waals surface area contributed by atoms with Gasteiger partial charge in [-0.3, -0.25) is 0 Å². The molecule has 1 aromatic heterocycles. The Balaban J connectivity index is 2.29. The molecule has 2 rings (SSSR count). The molecule has 16 heavy (non-hydrogen) atoms. The summed E-state index contributed by atoms with van der Waals surface area (Å²) in [7, 11) is 2.01. The number of imidazole rings is 1. The van der Waals surface area contributed by atoms with Crippen molar-refractivity contribution in [1.29, 1.82) is 0 Å². The lowest BCUT2D eigenvalue weighted by atomic mass is 10.2. The van der Waals surface area contributed by atoms with Crippen LogP contribution < -0.4 is 5.73 Å². The molecule has 4 nitrogen and oxygen atoms in total. The van der Waals surface area contributed by atoms with E-state index in [4.69, 9.17) is 10.5 Å². The van der Waals surface area contributed by atoms with Crippen LogP contribution in [0.15, 0.2) is 18.2 Å². The highest BCUT2D eigenvalue weighted by atomic mass is 16.5. The summed E-state index contributed by atoms with van der Waals surface area (Å²) >= 11 is 0. The fraction of sp³-hybridized carbons (Fsp3) is 0.417. The number of aryl methyl sites for hydroxylation is 2. The first-order chi connectivity index (χ1) is 7.72. The molecular weight excluding hydrogens is 202 g/mol. The lowest BCUT2D eigenvalue weighted by Gasteiger charge is -2.02. The second kappa shape index (κ2) is 4.63. The van der Waals surface area contributed by atoms with Crippen LogP contribution in [0.4, 0.5) is 0 Å². The Kier molecular flexibility index (Phi) is 3.22. The first kappa shape index (κ1) is 11.1. The Morgan fingerprint density at radius 1 is 1.44 bits per heavy atom. The maximum atomic E-state index is 5.40. The highest BCUT2D eigenvalue weighted by Crippen LogP contribution is 2.16. The number of hydrogen-bond acceptors (Lipinski definition) is 3. The Hall–Kier alpha value is -1.39. The van der Waals surface area contributed by atoms with Gasteiger partial charge in [0.2, 0.25) is 0 Å². The minimum Gasteiger partial charge on any atom is -0.372 e. The van der Waals surface area contributed by atoms with Gasteiger partial charge in [0.25, 0.3) is 0 Å². The number of nitrogens with zero attached hydrogens (tertiary/aromatic N) is 2. The molecule has 0 aliphatic heterocycles. The minimum absolute atomic E-state index is 0.515. The van der Waals surface area contributed by atoms with Crippen molar-refractivity contribution in [3.63, 3.8) is 0 Å². The van der Waals surface area contributed by atoms with Gasteiger partial charge in [0, 0.05) is 13.6 Å². The Morgan fingerprint density at radius 2 is 2.25 bits per heavy atom. The van der Waals surface area contributed by atoms with Gasteiger partial charge in [-0.25, -0.2) is 4.98 Å². The number of hydrogen-bond donors (Lipinski definition) is 1. The summed E-state index contributed by atoms with van der Waals surface area (Å²) in [6.45, 7) is 3.70. The number of aromatic nitrogens is 2. The van der Waals surface area contributed by atoms with E-state index in [0.29, 0.717) is 19.8 Å². The number of ether oxygens (including phenoxy) is 1. The Morgan fingerprint density at radius 3 is 3.00 bits per heavy atom. The van der Waals surface area contributed by atoms with Crippen LogP contribution in [0.5, 0.6) is 0 Å². The van der Waals surface area contributed by atoms with Crippen molar-refractivity contribution in [2.45, 2.75) is 13.5 Å². The van der Waals surface area contributed by atoms with Gasteiger partial charge in [0.05, 0.1) is 17.6 Å². The van der Waals surface area contributed by atoms with E-state index in [2.05, 4.69) is 34.7 Å². The molecule has 1 aromatic carbocycles. The van der Waals surface area contributed by atoms with Crippen molar-refractivity contribution >= 4 is 11.0 Å². The van der Waals surface area contributed by atoms with Crippen LogP contribution in [0.1, 0.15) is 11.4 Å². The molecule has 2 aromatic rings. The fourth-order valence-electron chi connectivity index (χ4n) is 1.74. The molecule has 2 N–H and O–H groups in total. The third-order valence-electron chi connectivity index (χ3n) is 2.62. The summed E-state index contributed by atoms with van der Waals surface area (Å²) in [6.07, 6.45) is 0. The van der Waals surface area contributed by atoms with E-state index in [1.165, 1.54) is 5.56 Å². The number of rotatable bonds is 4. The van der Waals surface area contributed by atoms with Crippen molar-refractivity contribution in [2.75, 3.05) is 13.2 Å². The first-order valence-corrected chi connectivity index (χ1v) is 5.42. The topological polar surface area (TPSA) is 53.1 Å². The highest BCUT2D eigenvalue weighted by molar-refractivity contribution is 5.76. The van der Waals surface area contributed by atoms with Crippen molar-refractivity contribution < 1.29 is 4.74 Å². The summed E-state index contributed by atoms with van der Waals surface area (Å²) in [6, 6.07) is 6.26. The van der Waals surface area contributed by atoms with Gasteiger partial charge in [-0.1, -0.05) is 6.07 Å². The molecule has 0 unspecified atom stereocenters. The second-order valence-corrected chi connectivity index (χ2v) is 3.92. The van der Waals surface area contributed by atoms with E-state index in [-0.39, 0.29) is 0 Å². The molecule has 0 bridgehead atoms. The molecule has 4 heteroatoms. The van der Waals surface area contributed by atoms with Crippen molar-refractivity contribution in [1.82, 2.24) is 9.55 Å². The molecule has 0 spiro atoms. The molecule has 0 aliphatic rings. The van der Waals surface area contributed by atoms with E-state index < -0.39 is 0 Å². The summed E-state index contributed by atoms with van der Waals surface area (Å²) < 4.78 is 7.46. The predicted octanol–water partition coefficient (Wildman–Crippen LogP) is 1.36. The number of nitrogens with two attached hydrogens (primary N) is 1. The maximum absolute atomic E-state index is 5.40. The van der Waals surface area contributed by atoms with E-state index >= 15 is 0 Å². The summed E-state index contributed by atoms with van der Waals surface area (Å²) in [5, 5.41) is 0. The van der Waals surface area contributed by atoms with E-state index in [0.717, 1.165) is 16.9 Å². The van der Waals surface area contributed by atoms with Crippen LogP contribution >= 0.6 is 0 Å².